The second-order valence-corrected chi connectivity index (χ2v) is 7.99. The summed E-state index contributed by atoms with van der Waals surface area (Å²) in [7, 11) is 1.81. The molecule has 146 valence electrons. The molecule has 3 aromatic rings. The zero-order valence-corrected chi connectivity index (χ0v) is 17.5. The first kappa shape index (κ1) is 20.0. The van der Waals surface area contributed by atoms with Gasteiger partial charge in [-0.25, -0.2) is 4.68 Å². The van der Waals surface area contributed by atoms with Gasteiger partial charge in [0.25, 0.3) is 5.56 Å². The van der Waals surface area contributed by atoms with Gasteiger partial charge in [-0.1, -0.05) is 35.9 Å². The normalized spacial score (nSPS) is 10.9. The van der Waals surface area contributed by atoms with Crippen molar-refractivity contribution < 1.29 is 4.79 Å². The van der Waals surface area contributed by atoms with Crippen molar-refractivity contribution >= 4 is 23.4 Å². The molecule has 3 rings (SSSR count). The number of amides is 1. The molecule has 0 aliphatic heterocycles. The van der Waals surface area contributed by atoms with Crippen LogP contribution in [0.15, 0.2) is 58.2 Å². The average Bonchev–Trinajstić information content (AvgIpc) is 2.87. The number of nitrogens with one attached hydrogen (secondary N) is 1. The number of aromatic nitrogens is 2. The second-order valence-electron chi connectivity index (χ2n) is 6.85. The number of carbonyl (C=O) groups is 1. The van der Waals surface area contributed by atoms with Gasteiger partial charge < -0.3 is 5.32 Å². The molecule has 0 aliphatic rings. The highest BCUT2D eigenvalue weighted by molar-refractivity contribution is 7.99. The summed E-state index contributed by atoms with van der Waals surface area (Å²) < 4.78 is 3.33. The SMILES string of the molecule is Cc1ccc(SCCC(=O)Nc2c(C)n(C)n(-c3ccccc3)c2=O)c(C)c1. The Morgan fingerprint density at radius 1 is 1.07 bits per heavy atom. The van der Waals surface area contributed by atoms with E-state index in [9.17, 15) is 9.59 Å². The van der Waals surface area contributed by atoms with Crippen LogP contribution < -0.4 is 10.9 Å². The fourth-order valence-corrected chi connectivity index (χ4v) is 4.09. The van der Waals surface area contributed by atoms with E-state index in [1.165, 1.54) is 16.0 Å². The summed E-state index contributed by atoms with van der Waals surface area (Å²) >= 11 is 1.66. The molecular weight excluding hydrogens is 370 g/mol. The highest BCUT2D eigenvalue weighted by Crippen LogP contribution is 2.24. The number of hydrogen-bond acceptors (Lipinski definition) is 3. The fourth-order valence-electron chi connectivity index (χ4n) is 3.13. The predicted molar refractivity (Wildman–Crippen MR) is 116 cm³/mol. The Morgan fingerprint density at radius 2 is 1.79 bits per heavy atom. The summed E-state index contributed by atoms with van der Waals surface area (Å²) in [5.74, 6) is 0.511. The molecular formula is C22H25N3O2S. The lowest BCUT2D eigenvalue weighted by atomic mass is 10.2. The molecule has 2 aromatic carbocycles. The van der Waals surface area contributed by atoms with Crippen LogP contribution in [0.5, 0.6) is 0 Å². The topological polar surface area (TPSA) is 56.0 Å². The predicted octanol–water partition coefficient (Wildman–Crippen LogP) is 4.22. The van der Waals surface area contributed by atoms with Crippen LogP contribution in [0.4, 0.5) is 5.69 Å². The Morgan fingerprint density at radius 3 is 2.46 bits per heavy atom. The number of anilines is 1. The number of rotatable bonds is 6. The standard InChI is InChI=1S/C22H25N3O2S/c1-15-10-11-19(16(2)14-15)28-13-12-20(26)23-21-17(3)24(4)25(22(21)27)18-8-6-5-7-9-18/h5-11,14H,12-13H2,1-4H3,(H,23,26). The highest BCUT2D eigenvalue weighted by Gasteiger charge is 2.18. The van der Waals surface area contributed by atoms with Crippen LogP contribution in [0.2, 0.25) is 0 Å². The molecule has 28 heavy (non-hydrogen) atoms. The molecule has 0 saturated heterocycles. The van der Waals surface area contributed by atoms with Crippen molar-refractivity contribution in [2.75, 3.05) is 11.1 Å². The summed E-state index contributed by atoms with van der Waals surface area (Å²) in [6.07, 6.45) is 0.344. The maximum atomic E-state index is 12.8. The maximum Gasteiger partial charge on any atom is 0.295 e. The fraction of sp³-hybridized carbons (Fsp3) is 0.273. The molecule has 0 radical (unpaired) electrons. The number of nitrogens with zero attached hydrogens (tertiary/aromatic N) is 2. The van der Waals surface area contributed by atoms with E-state index in [4.69, 9.17) is 0 Å². The molecule has 0 bridgehead atoms. The molecule has 1 amide bonds. The van der Waals surface area contributed by atoms with Crippen LogP contribution in [-0.2, 0) is 11.8 Å². The van der Waals surface area contributed by atoms with E-state index in [1.54, 1.807) is 21.1 Å². The van der Waals surface area contributed by atoms with Crippen LogP contribution in [-0.4, -0.2) is 21.0 Å². The van der Waals surface area contributed by atoms with Gasteiger partial charge in [-0.3, -0.25) is 14.3 Å². The molecule has 1 N–H and O–H groups in total. The molecule has 0 unspecified atom stereocenters. The molecule has 5 nitrogen and oxygen atoms in total. The van der Waals surface area contributed by atoms with E-state index in [0.717, 1.165) is 11.4 Å². The zero-order chi connectivity index (χ0) is 20.3. The number of aryl methyl sites for hydroxylation is 2. The minimum absolute atomic E-state index is 0.150. The number of para-hydroxylation sites is 1. The van der Waals surface area contributed by atoms with Gasteiger partial charge in [-0.15, -0.1) is 11.8 Å². The lowest BCUT2D eigenvalue weighted by Crippen LogP contribution is -2.23. The van der Waals surface area contributed by atoms with Crippen molar-refractivity contribution in [3.05, 3.63) is 75.7 Å². The van der Waals surface area contributed by atoms with E-state index < -0.39 is 0 Å². The monoisotopic (exact) mass is 395 g/mol. The summed E-state index contributed by atoms with van der Waals surface area (Å²) in [4.78, 5) is 26.4. The van der Waals surface area contributed by atoms with Gasteiger partial charge in [0.15, 0.2) is 0 Å². The summed E-state index contributed by atoms with van der Waals surface area (Å²) in [5.41, 5.74) is 4.06. The lowest BCUT2D eigenvalue weighted by molar-refractivity contribution is -0.115. The third-order valence-corrected chi connectivity index (χ3v) is 5.91. The zero-order valence-electron chi connectivity index (χ0n) is 16.7. The largest absolute Gasteiger partial charge is 0.320 e. The lowest BCUT2D eigenvalue weighted by Gasteiger charge is -2.07. The molecule has 1 heterocycles. The van der Waals surface area contributed by atoms with Crippen molar-refractivity contribution in [3.63, 3.8) is 0 Å². The third-order valence-electron chi connectivity index (χ3n) is 4.74. The third kappa shape index (κ3) is 4.22. The van der Waals surface area contributed by atoms with Gasteiger partial charge in [-0.05, 0) is 44.5 Å². The van der Waals surface area contributed by atoms with Gasteiger partial charge in [0.1, 0.15) is 5.69 Å². The van der Waals surface area contributed by atoms with Crippen LogP contribution in [0, 0.1) is 20.8 Å². The van der Waals surface area contributed by atoms with Gasteiger partial charge in [0.2, 0.25) is 5.91 Å². The first-order chi connectivity index (χ1) is 13.4. The first-order valence-electron chi connectivity index (χ1n) is 9.22. The van der Waals surface area contributed by atoms with Gasteiger partial charge in [0, 0.05) is 24.1 Å². The molecule has 0 saturated carbocycles. The van der Waals surface area contributed by atoms with Crippen LogP contribution in [0.1, 0.15) is 23.2 Å². The summed E-state index contributed by atoms with van der Waals surface area (Å²) in [6.45, 7) is 5.98. The highest BCUT2D eigenvalue weighted by atomic mass is 32.2. The Balaban J connectivity index is 1.68. The van der Waals surface area contributed by atoms with Gasteiger partial charge >= 0.3 is 0 Å². The van der Waals surface area contributed by atoms with Gasteiger partial charge in [-0.2, -0.15) is 0 Å². The summed E-state index contributed by atoms with van der Waals surface area (Å²) in [6, 6.07) is 15.7. The molecule has 0 aliphatic carbocycles. The number of carbonyl (C=O) groups excluding carboxylic acids is 1. The smallest absolute Gasteiger partial charge is 0.295 e. The Hall–Kier alpha value is -2.73. The Kier molecular flexibility index (Phi) is 6.09. The van der Waals surface area contributed by atoms with Crippen LogP contribution in [0.3, 0.4) is 0 Å². The van der Waals surface area contributed by atoms with Crippen molar-refractivity contribution in [2.45, 2.75) is 32.1 Å². The van der Waals surface area contributed by atoms with E-state index in [1.807, 2.05) is 44.3 Å². The molecule has 0 fully saturated rings. The van der Waals surface area contributed by atoms with E-state index in [2.05, 4.69) is 37.4 Å². The molecule has 0 spiro atoms. The molecule has 6 heteroatoms. The van der Waals surface area contributed by atoms with Gasteiger partial charge in [0.05, 0.1) is 11.4 Å². The van der Waals surface area contributed by atoms with Crippen LogP contribution in [0.25, 0.3) is 5.69 Å². The number of thioether (sulfide) groups is 1. The maximum absolute atomic E-state index is 12.8. The average molecular weight is 396 g/mol. The molecule has 1 aromatic heterocycles. The minimum atomic E-state index is -0.221. The minimum Gasteiger partial charge on any atom is -0.320 e. The second kappa shape index (κ2) is 8.52. The quantitative estimate of drug-likeness (QED) is 0.636. The van der Waals surface area contributed by atoms with Crippen molar-refractivity contribution in [3.8, 4) is 5.69 Å². The Labute approximate surface area is 169 Å². The number of hydrogen-bond donors (Lipinski definition) is 1. The van der Waals surface area contributed by atoms with Crippen molar-refractivity contribution in [1.29, 1.82) is 0 Å². The van der Waals surface area contributed by atoms with Crippen molar-refractivity contribution in [1.82, 2.24) is 9.36 Å². The Bertz CT molecular complexity index is 1050. The molecule has 0 atom stereocenters. The van der Waals surface area contributed by atoms with E-state index in [0.29, 0.717) is 17.9 Å². The van der Waals surface area contributed by atoms with E-state index in [-0.39, 0.29) is 11.5 Å². The van der Waals surface area contributed by atoms with E-state index >= 15 is 0 Å². The van der Waals surface area contributed by atoms with Crippen molar-refractivity contribution in [2.24, 2.45) is 7.05 Å². The summed E-state index contributed by atoms with van der Waals surface area (Å²) in [5, 5.41) is 2.81. The first-order valence-corrected chi connectivity index (χ1v) is 10.2. The number of benzene rings is 2. The van der Waals surface area contributed by atoms with Crippen LogP contribution >= 0.6 is 11.8 Å².